The minimum atomic E-state index is -0.447. The van der Waals surface area contributed by atoms with E-state index in [4.69, 9.17) is 10.5 Å². The van der Waals surface area contributed by atoms with Crippen molar-refractivity contribution in [1.82, 2.24) is 4.90 Å². The van der Waals surface area contributed by atoms with E-state index in [1.54, 1.807) is 24.3 Å². The van der Waals surface area contributed by atoms with Crippen LogP contribution in [0, 0.1) is 0 Å². The third-order valence-corrected chi connectivity index (χ3v) is 2.37. The number of carbonyl (C=O) groups is 2. The van der Waals surface area contributed by atoms with Gasteiger partial charge in [0, 0.05) is 11.4 Å². The van der Waals surface area contributed by atoms with Crippen LogP contribution in [0.25, 0.3) is 0 Å². The Hall–Kier alpha value is -2.24. The number of hydrogen-bond donors (Lipinski definition) is 2. The summed E-state index contributed by atoms with van der Waals surface area (Å²) in [5, 5.41) is 2.67. The molecule has 0 radical (unpaired) electrons. The molecule has 17 heavy (non-hydrogen) atoms. The fourth-order valence-corrected chi connectivity index (χ4v) is 1.51. The third-order valence-electron chi connectivity index (χ3n) is 2.37. The molecule has 2 amide bonds. The molecule has 0 spiro atoms. The van der Waals surface area contributed by atoms with Crippen molar-refractivity contribution in [3.05, 3.63) is 24.3 Å². The predicted molar refractivity (Wildman–Crippen MR) is 62.4 cm³/mol. The first kappa shape index (κ1) is 11.3. The van der Waals surface area contributed by atoms with E-state index in [1.165, 1.54) is 4.90 Å². The number of carbonyl (C=O) groups excluding carboxylic acids is 2. The number of nitrogens with zero attached hydrogens (tertiary/aromatic N) is 1. The fraction of sp³-hybridized carbons (Fsp3) is 0.273. The summed E-state index contributed by atoms with van der Waals surface area (Å²) in [6.07, 6.45) is -0.447. The van der Waals surface area contributed by atoms with Crippen molar-refractivity contribution in [3.8, 4) is 0 Å². The molecule has 1 heterocycles. The molecule has 0 aromatic heterocycles. The maximum absolute atomic E-state index is 11.6. The van der Waals surface area contributed by atoms with Crippen molar-refractivity contribution < 1.29 is 14.3 Å². The Labute approximate surface area is 98.3 Å². The van der Waals surface area contributed by atoms with Gasteiger partial charge in [0.05, 0.1) is 6.54 Å². The van der Waals surface area contributed by atoms with E-state index in [-0.39, 0.29) is 12.5 Å². The van der Waals surface area contributed by atoms with Crippen LogP contribution in [0.5, 0.6) is 0 Å². The third kappa shape index (κ3) is 2.87. The SMILES string of the molecule is Nc1ccc(NC(=O)CN2CCOC2=O)cc1. The minimum absolute atomic E-state index is 0.00318. The van der Waals surface area contributed by atoms with Crippen molar-refractivity contribution in [2.24, 2.45) is 0 Å². The lowest BCUT2D eigenvalue weighted by molar-refractivity contribution is -0.116. The van der Waals surface area contributed by atoms with Gasteiger partial charge in [-0.05, 0) is 24.3 Å². The van der Waals surface area contributed by atoms with E-state index in [1.807, 2.05) is 0 Å². The lowest BCUT2D eigenvalue weighted by Crippen LogP contribution is -2.33. The second-order valence-corrected chi connectivity index (χ2v) is 3.71. The average Bonchev–Trinajstić information content (AvgIpc) is 2.68. The van der Waals surface area contributed by atoms with Crippen LogP contribution in [-0.4, -0.2) is 36.6 Å². The number of ether oxygens (including phenoxy) is 1. The van der Waals surface area contributed by atoms with E-state index in [0.29, 0.717) is 24.5 Å². The van der Waals surface area contributed by atoms with Gasteiger partial charge in [-0.2, -0.15) is 0 Å². The van der Waals surface area contributed by atoms with E-state index >= 15 is 0 Å². The summed E-state index contributed by atoms with van der Waals surface area (Å²) in [7, 11) is 0. The van der Waals surface area contributed by atoms with Crippen molar-refractivity contribution in [2.75, 3.05) is 30.7 Å². The van der Waals surface area contributed by atoms with Crippen molar-refractivity contribution >= 4 is 23.4 Å². The number of hydrogen-bond acceptors (Lipinski definition) is 4. The molecule has 1 aliphatic heterocycles. The second-order valence-electron chi connectivity index (χ2n) is 3.71. The van der Waals surface area contributed by atoms with Crippen LogP contribution < -0.4 is 11.1 Å². The van der Waals surface area contributed by atoms with Crippen LogP contribution in [0.2, 0.25) is 0 Å². The maximum Gasteiger partial charge on any atom is 0.410 e. The average molecular weight is 235 g/mol. The molecule has 3 N–H and O–H groups in total. The Balaban J connectivity index is 1.88. The Morgan fingerprint density at radius 1 is 1.41 bits per heavy atom. The molecule has 0 aliphatic carbocycles. The van der Waals surface area contributed by atoms with E-state index in [0.717, 1.165) is 0 Å². The summed E-state index contributed by atoms with van der Waals surface area (Å²) in [6.45, 7) is 0.797. The minimum Gasteiger partial charge on any atom is -0.448 e. The number of nitrogens with one attached hydrogen (secondary N) is 1. The maximum atomic E-state index is 11.6. The Kier molecular flexibility index (Phi) is 3.13. The van der Waals surface area contributed by atoms with Crippen molar-refractivity contribution in [2.45, 2.75) is 0 Å². The van der Waals surface area contributed by atoms with Crippen molar-refractivity contribution in [1.29, 1.82) is 0 Å². The molecule has 90 valence electrons. The van der Waals surface area contributed by atoms with Gasteiger partial charge in [0.1, 0.15) is 13.2 Å². The number of rotatable bonds is 3. The van der Waals surface area contributed by atoms with Crippen LogP contribution in [0.3, 0.4) is 0 Å². The molecule has 0 bridgehead atoms. The van der Waals surface area contributed by atoms with Gasteiger partial charge in [-0.3, -0.25) is 9.69 Å². The molecule has 0 saturated carbocycles. The Bertz CT molecular complexity index is 430. The molecule has 0 unspecified atom stereocenters. The van der Waals surface area contributed by atoms with Gasteiger partial charge >= 0.3 is 6.09 Å². The first-order valence-corrected chi connectivity index (χ1v) is 5.22. The highest BCUT2D eigenvalue weighted by Crippen LogP contribution is 2.11. The number of nitrogens with two attached hydrogens (primary N) is 1. The van der Waals surface area contributed by atoms with Gasteiger partial charge in [-0.15, -0.1) is 0 Å². The monoisotopic (exact) mass is 235 g/mol. The standard InChI is InChI=1S/C11H13N3O3/c12-8-1-3-9(4-2-8)13-10(15)7-14-5-6-17-11(14)16/h1-4H,5-7,12H2,(H,13,15). The summed E-state index contributed by atoms with van der Waals surface area (Å²) in [5.41, 5.74) is 6.81. The lowest BCUT2D eigenvalue weighted by Gasteiger charge is -2.12. The lowest BCUT2D eigenvalue weighted by atomic mass is 10.3. The number of benzene rings is 1. The number of anilines is 2. The number of amides is 2. The topological polar surface area (TPSA) is 84.7 Å². The smallest absolute Gasteiger partial charge is 0.410 e. The zero-order chi connectivity index (χ0) is 12.3. The van der Waals surface area contributed by atoms with Crippen LogP contribution in [-0.2, 0) is 9.53 Å². The highest BCUT2D eigenvalue weighted by molar-refractivity contribution is 5.94. The highest BCUT2D eigenvalue weighted by atomic mass is 16.6. The zero-order valence-corrected chi connectivity index (χ0v) is 9.18. The van der Waals surface area contributed by atoms with Gasteiger partial charge in [0.25, 0.3) is 0 Å². The summed E-state index contributed by atoms with van der Waals surface area (Å²) in [5.74, 6) is -0.256. The molecule has 1 saturated heterocycles. The van der Waals surface area contributed by atoms with Crippen LogP contribution >= 0.6 is 0 Å². The number of cyclic esters (lactones) is 1. The molecular weight excluding hydrogens is 222 g/mol. The van der Waals surface area contributed by atoms with Crippen LogP contribution in [0.4, 0.5) is 16.2 Å². The first-order valence-electron chi connectivity index (χ1n) is 5.22. The summed E-state index contributed by atoms with van der Waals surface area (Å²) < 4.78 is 4.72. The fourth-order valence-electron chi connectivity index (χ4n) is 1.51. The molecule has 6 nitrogen and oxygen atoms in total. The normalized spacial score (nSPS) is 14.6. The highest BCUT2D eigenvalue weighted by Gasteiger charge is 2.23. The summed E-state index contributed by atoms with van der Waals surface area (Å²) in [4.78, 5) is 24.1. The molecule has 2 rings (SSSR count). The van der Waals surface area contributed by atoms with E-state index in [9.17, 15) is 9.59 Å². The molecule has 6 heteroatoms. The Morgan fingerprint density at radius 3 is 2.71 bits per heavy atom. The van der Waals surface area contributed by atoms with Gasteiger partial charge in [-0.1, -0.05) is 0 Å². The van der Waals surface area contributed by atoms with Gasteiger partial charge in [-0.25, -0.2) is 4.79 Å². The van der Waals surface area contributed by atoms with E-state index < -0.39 is 6.09 Å². The summed E-state index contributed by atoms with van der Waals surface area (Å²) in [6, 6.07) is 6.80. The van der Waals surface area contributed by atoms with Gasteiger partial charge in [0.2, 0.25) is 5.91 Å². The largest absolute Gasteiger partial charge is 0.448 e. The first-order chi connectivity index (χ1) is 8.15. The molecular formula is C11H13N3O3. The quantitative estimate of drug-likeness (QED) is 0.754. The zero-order valence-electron chi connectivity index (χ0n) is 9.18. The van der Waals surface area contributed by atoms with Crippen LogP contribution in [0.1, 0.15) is 0 Å². The molecule has 1 fully saturated rings. The molecule has 1 aromatic rings. The molecule has 1 aliphatic rings. The molecule has 1 aromatic carbocycles. The van der Waals surface area contributed by atoms with Gasteiger partial charge in [0.15, 0.2) is 0 Å². The van der Waals surface area contributed by atoms with Gasteiger partial charge < -0.3 is 15.8 Å². The predicted octanol–water partition coefficient (Wildman–Crippen LogP) is 0.659. The van der Waals surface area contributed by atoms with E-state index in [2.05, 4.69) is 5.32 Å². The number of nitrogen functional groups attached to an aromatic ring is 1. The Morgan fingerprint density at radius 2 is 2.12 bits per heavy atom. The van der Waals surface area contributed by atoms with Crippen molar-refractivity contribution in [3.63, 3.8) is 0 Å². The second kappa shape index (κ2) is 4.73. The molecule has 0 atom stereocenters. The van der Waals surface area contributed by atoms with Crippen LogP contribution in [0.15, 0.2) is 24.3 Å². The summed E-state index contributed by atoms with van der Waals surface area (Å²) >= 11 is 0.